The summed E-state index contributed by atoms with van der Waals surface area (Å²) in [6, 6.07) is 15.9. The van der Waals surface area contributed by atoms with Crippen LogP contribution >= 0.6 is 0 Å². The van der Waals surface area contributed by atoms with E-state index in [1.807, 2.05) is 6.07 Å². The number of hydrogen-bond donors (Lipinski definition) is 1. The van der Waals surface area contributed by atoms with Crippen LogP contribution in [0.15, 0.2) is 54.6 Å². The number of rotatable bonds is 5. The van der Waals surface area contributed by atoms with Crippen molar-refractivity contribution >= 4 is 22.9 Å². The van der Waals surface area contributed by atoms with Crippen LogP contribution in [0, 0.1) is 17.1 Å². The van der Waals surface area contributed by atoms with Crippen molar-refractivity contribution in [2.75, 3.05) is 12.4 Å². The fourth-order valence-corrected chi connectivity index (χ4v) is 3.43. The Morgan fingerprint density at radius 3 is 2.19 bits per heavy atom. The van der Waals surface area contributed by atoms with Crippen LogP contribution in [0.4, 0.5) is 15.8 Å². The minimum Gasteiger partial charge on any atom is -0.462 e. The lowest BCUT2D eigenvalue weighted by atomic mass is 9.83. The van der Waals surface area contributed by atoms with Gasteiger partial charge in [0.15, 0.2) is 23.6 Å². The summed E-state index contributed by atoms with van der Waals surface area (Å²) in [6.45, 7) is 1.62. The average molecular weight is 416 g/mol. The lowest BCUT2D eigenvalue weighted by molar-refractivity contribution is -0.0381. The Labute approximate surface area is 177 Å². The van der Waals surface area contributed by atoms with E-state index < -0.39 is 23.7 Å². The number of carbonyl (C=O) groups is 2. The zero-order chi connectivity index (χ0) is 22.1. The van der Waals surface area contributed by atoms with E-state index in [0.717, 1.165) is 6.07 Å². The van der Waals surface area contributed by atoms with Gasteiger partial charge in [-0.2, -0.15) is 5.26 Å². The summed E-state index contributed by atoms with van der Waals surface area (Å²) in [5, 5.41) is 12.0. The van der Waals surface area contributed by atoms with Gasteiger partial charge in [0.05, 0.1) is 28.4 Å². The Bertz CT molecular complexity index is 1250. The molecule has 1 aliphatic carbocycles. The molecule has 0 aromatic heterocycles. The number of nitrogens with zero attached hydrogens (tertiary/aromatic N) is 1. The van der Waals surface area contributed by atoms with E-state index in [-0.39, 0.29) is 33.7 Å². The quantitative estimate of drug-likeness (QED) is 0.479. The van der Waals surface area contributed by atoms with Crippen molar-refractivity contribution in [2.45, 2.75) is 13.2 Å². The molecule has 0 bridgehead atoms. The number of carbonyl (C=O) groups excluding carboxylic acids is 2. The van der Waals surface area contributed by atoms with Crippen LogP contribution in [0.1, 0.15) is 44.3 Å². The van der Waals surface area contributed by atoms with Crippen molar-refractivity contribution in [2.24, 2.45) is 0 Å². The molecule has 0 heterocycles. The lowest BCUT2D eigenvalue weighted by Gasteiger charge is -2.25. The van der Waals surface area contributed by atoms with E-state index >= 15 is 4.39 Å². The van der Waals surface area contributed by atoms with Gasteiger partial charge in [0, 0.05) is 30.0 Å². The number of fused-ring (bicyclic) bond motifs is 2. The molecule has 7 heteroatoms. The van der Waals surface area contributed by atoms with Gasteiger partial charge in [-0.3, -0.25) is 9.59 Å². The Balaban J connectivity index is 1.90. The van der Waals surface area contributed by atoms with E-state index in [1.54, 1.807) is 43.3 Å². The van der Waals surface area contributed by atoms with Crippen LogP contribution in [0.5, 0.6) is 5.75 Å². The van der Waals surface area contributed by atoms with Crippen molar-refractivity contribution in [3.63, 3.8) is 0 Å². The Kier molecular flexibility index (Phi) is 5.24. The summed E-state index contributed by atoms with van der Waals surface area (Å²) in [7, 11) is 1.43. The number of methoxy groups -OCH3 is 1. The Hall–Kier alpha value is -4.02. The van der Waals surface area contributed by atoms with Crippen molar-refractivity contribution in [3.05, 3.63) is 88.2 Å². The molecule has 0 saturated heterocycles. The van der Waals surface area contributed by atoms with Gasteiger partial charge in [-0.1, -0.05) is 24.3 Å². The van der Waals surface area contributed by atoms with Gasteiger partial charge < -0.3 is 14.8 Å². The molecule has 1 N–H and O–H groups in total. The minimum atomic E-state index is -0.837. The second-order valence-electron chi connectivity index (χ2n) is 6.92. The summed E-state index contributed by atoms with van der Waals surface area (Å²) in [5.41, 5.74) is 1.02. The highest BCUT2D eigenvalue weighted by Gasteiger charge is 2.36. The zero-order valence-corrected chi connectivity index (χ0v) is 16.7. The molecule has 0 fully saturated rings. The van der Waals surface area contributed by atoms with Crippen molar-refractivity contribution in [1.82, 2.24) is 0 Å². The monoisotopic (exact) mass is 416 g/mol. The fraction of sp³-hybridized carbons (Fsp3) is 0.125. The number of ketones is 2. The molecule has 1 aliphatic rings. The maximum atomic E-state index is 15.1. The van der Waals surface area contributed by atoms with E-state index in [1.165, 1.54) is 19.2 Å². The standard InChI is InChI=1S/C24H17FN2O4/c1-13(30-2)31-24-19(27-15-9-7-14(12-26)8-10-15)11-18(25)20-21(24)23(29)17-6-4-3-5-16(17)22(20)28/h3-11,13,27H,1-2H3. The first kappa shape index (κ1) is 20.3. The molecule has 31 heavy (non-hydrogen) atoms. The Morgan fingerprint density at radius 2 is 1.61 bits per heavy atom. The second kappa shape index (κ2) is 8.01. The van der Waals surface area contributed by atoms with Crippen LogP contribution in [-0.2, 0) is 4.74 Å². The molecule has 6 nitrogen and oxygen atoms in total. The largest absolute Gasteiger partial charge is 0.462 e. The maximum Gasteiger partial charge on any atom is 0.198 e. The molecular weight excluding hydrogens is 399 g/mol. The number of halogens is 1. The normalized spacial score (nSPS) is 13.1. The third-order valence-corrected chi connectivity index (χ3v) is 5.01. The highest BCUT2D eigenvalue weighted by atomic mass is 19.1. The smallest absolute Gasteiger partial charge is 0.198 e. The van der Waals surface area contributed by atoms with E-state index in [0.29, 0.717) is 11.3 Å². The van der Waals surface area contributed by atoms with Crippen molar-refractivity contribution in [3.8, 4) is 11.8 Å². The molecule has 0 saturated carbocycles. The number of ether oxygens (including phenoxy) is 2. The number of nitrogens with one attached hydrogen (secondary N) is 1. The van der Waals surface area contributed by atoms with E-state index in [9.17, 15) is 9.59 Å². The predicted octanol–water partition coefficient (Wildman–Crippen LogP) is 4.59. The number of nitriles is 1. The highest BCUT2D eigenvalue weighted by Crippen LogP contribution is 2.41. The van der Waals surface area contributed by atoms with E-state index in [2.05, 4.69) is 5.32 Å². The molecule has 1 atom stereocenters. The minimum absolute atomic E-state index is 0.0166. The topological polar surface area (TPSA) is 88.4 Å². The maximum absolute atomic E-state index is 15.1. The molecule has 3 aromatic carbocycles. The molecular formula is C24H17FN2O4. The first-order valence-electron chi connectivity index (χ1n) is 9.46. The van der Waals surface area contributed by atoms with E-state index in [4.69, 9.17) is 14.7 Å². The van der Waals surface area contributed by atoms with Crippen LogP contribution in [0.2, 0.25) is 0 Å². The molecule has 3 aromatic rings. The fourth-order valence-electron chi connectivity index (χ4n) is 3.43. The third kappa shape index (κ3) is 3.54. The first-order chi connectivity index (χ1) is 14.9. The van der Waals surface area contributed by atoms with Crippen molar-refractivity contribution in [1.29, 1.82) is 5.26 Å². The van der Waals surface area contributed by atoms with Gasteiger partial charge in [0.1, 0.15) is 5.82 Å². The number of anilines is 2. The summed E-state index contributed by atoms with van der Waals surface area (Å²) in [4.78, 5) is 26.3. The SMILES string of the molecule is COC(C)Oc1c(Nc2ccc(C#N)cc2)cc(F)c2c1C(=O)c1ccccc1C2=O. The predicted molar refractivity (Wildman–Crippen MR) is 111 cm³/mol. The van der Waals surface area contributed by atoms with Gasteiger partial charge in [-0.15, -0.1) is 0 Å². The second-order valence-corrected chi connectivity index (χ2v) is 6.92. The molecule has 1 unspecified atom stereocenters. The first-order valence-corrected chi connectivity index (χ1v) is 9.46. The van der Waals surface area contributed by atoms with Gasteiger partial charge in [0.25, 0.3) is 0 Å². The highest BCUT2D eigenvalue weighted by molar-refractivity contribution is 6.30. The molecule has 0 spiro atoms. The van der Waals surface area contributed by atoms with Crippen molar-refractivity contribution < 1.29 is 23.5 Å². The lowest BCUT2D eigenvalue weighted by Crippen LogP contribution is -2.25. The average Bonchev–Trinajstić information content (AvgIpc) is 2.79. The molecule has 154 valence electrons. The zero-order valence-electron chi connectivity index (χ0n) is 16.7. The molecule has 0 aliphatic heterocycles. The van der Waals surface area contributed by atoms with Gasteiger partial charge in [0.2, 0.25) is 0 Å². The van der Waals surface area contributed by atoms with Crippen LogP contribution in [0.3, 0.4) is 0 Å². The molecule has 0 radical (unpaired) electrons. The van der Waals surface area contributed by atoms with Crippen LogP contribution < -0.4 is 10.1 Å². The molecule has 4 rings (SSSR count). The van der Waals surface area contributed by atoms with Crippen LogP contribution in [-0.4, -0.2) is 25.0 Å². The summed E-state index contributed by atoms with van der Waals surface area (Å²) in [6.07, 6.45) is -0.767. The Morgan fingerprint density at radius 1 is 1.00 bits per heavy atom. The number of hydrogen-bond acceptors (Lipinski definition) is 6. The summed E-state index contributed by atoms with van der Waals surface area (Å²) in [5.74, 6) is -1.91. The third-order valence-electron chi connectivity index (χ3n) is 5.01. The number of benzene rings is 3. The summed E-state index contributed by atoms with van der Waals surface area (Å²) >= 11 is 0. The van der Waals surface area contributed by atoms with Gasteiger partial charge in [-0.25, -0.2) is 4.39 Å². The summed E-state index contributed by atoms with van der Waals surface area (Å²) < 4.78 is 26.1. The van der Waals surface area contributed by atoms with Gasteiger partial charge >= 0.3 is 0 Å². The van der Waals surface area contributed by atoms with Crippen LogP contribution in [0.25, 0.3) is 0 Å². The van der Waals surface area contributed by atoms with Gasteiger partial charge in [-0.05, 0) is 31.2 Å². The molecule has 0 amide bonds.